The number of phenols is 1. The van der Waals surface area contributed by atoms with Crippen LogP contribution in [0.1, 0.15) is 11.1 Å². The Balaban J connectivity index is 2.32. The van der Waals surface area contributed by atoms with Crippen LogP contribution in [0.4, 0.5) is 5.69 Å². The van der Waals surface area contributed by atoms with Crippen LogP contribution in [0.15, 0.2) is 36.4 Å². The topological polar surface area (TPSA) is 79.3 Å². The van der Waals surface area contributed by atoms with Crippen LogP contribution >= 0.6 is 0 Å². The van der Waals surface area contributed by atoms with Crippen molar-refractivity contribution < 1.29 is 9.84 Å². The van der Waals surface area contributed by atoms with E-state index in [0.29, 0.717) is 17.1 Å². The van der Waals surface area contributed by atoms with E-state index in [1.807, 2.05) is 6.92 Å². The lowest BCUT2D eigenvalue weighted by atomic mass is 10.1. The zero-order valence-electron chi connectivity index (χ0n) is 9.84. The molecule has 0 bridgehead atoms. The average Bonchev–Trinajstić information content (AvgIpc) is 2.35. The van der Waals surface area contributed by atoms with Gasteiger partial charge in [-0.2, -0.15) is 5.26 Å². The zero-order valence-corrected chi connectivity index (χ0v) is 9.84. The van der Waals surface area contributed by atoms with Gasteiger partial charge in [0.15, 0.2) is 5.75 Å². The molecule has 0 heterocycles. The third-order valence-corrected chi connectivity index (χ3v) is 2.59. The van der Waals surface area contributed by atoms with Crippen molar-refractivity contribution in [1.82, 2.24) is 0 Å². The van der Waals surface area contributed by atoms with Crippen molar-refractivity contribution in [1.29, 1.82) is 5.26 Å². The van der Waals surface area contributed by atoms with Crippen molar-refractivity contribution in [3.8, 4) is 23.3 Å². The van der Waals surface area contributed by atoms with Crippen molar-refractivity contribution >= 4 is 5.69 Å². The first-order valence-electron chi connectivity index (χ1n) is 5.38. The van der Waals surface area contributed by atoms with Crippen LogP contribution in [-0.4, -0.2) is 5.11 Å². The second-order valence-corrected chi connectivity index (χ2v) is 3.88. The number of aryl methyl sites for hydroxylation is 1. The Morgan fingerprint density at radius 1 is 1.28 bits per heavy atom. The Labute approximate surface area is 105 Å². The third kappa shape index (κ3) is 2.20. The fraction of sp³-hybridized carbons (Fsp3) is 0.0714. The van der Waals surface area contributed by atoms with Crippen molar-refractivity contribution in [2.45, 2.75) is 6.92 Å². The first-order valence-corrected chi connectivity index (χ1v) is 5.38. The van der Waals surface area contributed by atoms with Gasteiger partial charge in [0.2, 0.25) is 0 Å². The minimum Gasteiger partial charge on any atom is -0.506 e. The van der Waals surface area contributed by atoms with Gasteiger partial charge in [-0.05, 0) is 42.8 Å². The number of benzene rings is 2. The van der Waals surface area contributed by atoms with E-state index in [9.17, 15) is 5.11 Å². The summed E-state index contributed by atoms with van der Waals surface area (Å²) in [6, 6.07) is 12.0. The number of nitrogens with zero attached hydrogens (tertiary/aromatic N) is 1. The van der Waals surface area contributed by atoms with E-state index in [-0.39, 0.29) is 11.4 Å². The molecule has 4 heteroatoms. The molecule has 2 aromatic carbocycles. The number of hydrogen-bond acceptors (Lipinski definition) is 4. The molecule has 0 aromatic heterocycles. The molecule has 0 saturated heterocycles. The Morgan fingerprint density at radius 3 is 2.72 bits per heavy atom. The molecule has 0 fully saturated rings. The predicted octanol–water partition coefficient (Wildman–Crippen LogP) is 2.95. The summed E-state index contributed by atoms with van der Waals surface area (Å²) < 4.78 is 5.58. The van der Waals surface area contributed by atoms with Gasteiger partial charge in [-0.3, -0.25) is 0 Å². The van der Waals surface area contributed by atoms with Gasteiger partial charge in [-0.25, -0.2) is 0 Å². The lowest BCUT2D eigenvalue weighted by Gasteiger charge is -2.10. The molecule has 4 nitrogen and oxygen atoms in total. The molecule has 0 amide bonds. The lowest BCUT2D eigenvalue weighted by molar-refractivity contribution is 0.459. The van der Waals surface area contributed by atoms with Gasteiger partial charge in [0.1, 0.15) is 17.2 Å². The maximum absolute atomic E-state index is 9.47. The highest BCUT2D eigenvalue weighted by Crippen LogP contribution is 2.33. The van der Waals surface area contributed by atoms with E-state index in [2.05, 4.69) is 6.07 Å². The Bertz CT molecular complexity index is 630. The van der Waals surface area contributed by atoms with Crippen LogP contribution in [-0.2, 0) is 0 Å². The van der Waals surface area contributed by atoms with Gasteiger partial charge in [-0.1, -0.05) is 6.07 Å². The van der Waals surface area contributed by atoms with Crippen molar-refractivity contribution in [2.75, 3.05) is 5.73 Å². The third-order valence-electron chi connectivity index (χ3n) is 2.59. The number of ether oxygens (including phenoxy) is 1. The number of hydrogen-bond donors (Lipinski definition) is 2. The summed E-state index contributed by atoms with van der Waals surface area (Å²) in [5.74, 6) is 0.945. The zero-order chi connectivity index (χ0) is 13.1. The van der Waals surface area contributed by atoms with Crippen LogP contribution in [0, 0.1) is 18.3 Å². The molecule has 0 spiro atoms. The summed E-state index contributed by atoms with van der Waals surface area (Å²) in [6.45, 7) is 1.83. The highest BCUT2D eigenvalue weighted by atomic mass is 16.5. The van der Waals surface area contributed by atoms with Crippen molar-refractivity contribution in [3.05, 3.63) is 47.5 Å². The molecule has 2 rings (SSSR count). The molecule has 0 atom stereocenters. The number of phenolic OH excluding ortho intramolecular Hbond substituents is 1. The maximum Gasteiger partial charge on any atom is 0.154 e. The van der Waals surface area contributed by atoms with E-state index < -0.39 is 0 Å². The largest absolute Gasteiger partial charge is 0.506 e. The quantitative estimate of drug-likeness (QED) is 0.624. The molecule has 0 saturated carbocycles. The number of para-hydroxylation sites is 1. The summed E-state index contributed by atoms with van der Waals surface area (Å²) in [5, 5.41) is 18.3. The van der Waals surface area contributed by atoms with E-state index in [1.165, 1.54) is 6.07 Å². The molecule has 0 aliphatic heterocycles. The van der Waals surface area contributed by atoms with Crippen molar-refractivity contribution in [2.24, 2.45) is 0 Å². The molecule has 18 heavy (non-hydrogen) atoms. The SMILES string of the molecule is Cc1cc(Oc2cccc(O)c2N)ccc1C#N. The molecule has 0 unspecified atom stereocenters. The summed E-state index contributed by atoms with van der Waals surface area (Å²) in [4.78, 5) is 0. The van der Waals surface area contributed by atoms with Gasteiger partial charge in [-0.15, -0.1) is 0 Å². The average molecular weight is 240 g/mol. The smallest absolute Gasteiger partial charge is 0.154 e. The van der Waals surface area contributed by atoms with E-state index in [0.717, 1.165) is 5.56 Å². The second kappa shape index (κ2) is 4.68. The molecule has 0 aliphatic carbocycles. The minimum atomic E-state index is -0.0159. The second-order valence-electron chi connectivity index (χ2n) is 3.88. The van der Waals surface area contributed by atoms with Gasteiger partial charge in [0.05, 0.1) is 11.6 Å². The van der Waals surface area contributed by atoms with E-state index in [1.54, 1.807) is 30.3 Å². The first-order chi connectivity index (χ1) is 8.61. The van der Waals surface area contributed by atoms with Gasteiger partial charge < -0.3 is 15.6 Å². The maximum atomic E-state index is 9.47. The Hall–Kier alpha value is -2.67. The first kappa shape index (κ1) is 11.8. The van der Waals surface area contributed by atoms with Gasteiger partial charge in [0.25, 0.3) is 0 Å². The van der Waals surface area contributed by atoms with E-state index >= 15 is 0 Å². The minimum absolute atomic E-state index is 0.0159. The molecule has 2 aromatic rings. The van der Waals surface area contributed by atoms with Crippen LogP contribution in [0.25, 0.3) is 0 Å². The Morgan fingerprint density at radius 2 is 2.06 bits per heavy atom. The van der Waals surface area contributed by atoms with Gasteiger partial charge >= 0.3 is 0 Å². The summed E-state index contributed by atoms with van der Waals surface area (Å²) in [6.07, 6.45) is 0. The predicted molar refractivity (Wildman–Crippen MR) is 68.5 cm³/mol. The lowest BCUT2D eigenvalue weighted by Crippen LogP contribution is -1.93. The Kier molecular flexibility index (Phi) is 3.07. The molecule has 3 N–H and O–H groups in total. The number of nitriles is 1. The number of aromatic hydroxyl groups is 1. The van der Waals surface area contributed by atoms with Crippen molar-refractivity contribution in [3.63, 3.8) is 0 Å². The fourth-order valence-corrected chi connectivity index (χ4v) is 1.57. The van der Waals surface area contributed by atoms with E-state index in [4.69, 9.17) is 15.7 Å². The number of nitrogens with two attached hydrogens (primary N) is 1. The molecule has 0 radical (unpaired) electrons. The van der Waals surface area contributed by atoms with Gasteiger partial charge in [0, 0.05) is 0 Å². The van der Waals surface area contributed by atoms with Crippen LogP contribution in [0.2, 0.25) is 0 Å². The summed E-state index contributed by atoms with van der Waals surface area (Å²) >= 11 is 0. The fourth-order valence-electron chi connectivity index (χ4n) is 1.57. The molecule has 0 aliphatic rings. The van der Waals surface area contributed by atoms with Crippen LogP contribution in [0.3, 0.4) is 0 Å². The molecule has 90 valence electrons. The molecular formula is C14H12N2O2. The highest BCUT2D eigenvalue weighted by molar-refractivity contribution is 5.63. The summed E-state index contributed by atoms with van der Waals surface area (Å²) in [7, 11) is 0. The van der Waals surface area contributed by atoms with Crippen LogP contribution in [0.5, 0.6) is 17.2 Å². The summed E-state index contributed by atoms with van der Waals surface area (Å²) in [5.41, 5.74) is 7.32. The number of anilines is 1. The normalized spacial score (nSPS) is 9.78. The number of nitrogen functional groups attached to an aromatic ring is 1. The molecular weight excluding hydrogens is 228 g/mol. The standard InChI is InChI=1S/C14H12N2O2/c1-9-7-11(6-5-10(9)8-15)18-13-4-2-3-12(17)14(13)16/h2-7,17H,16H2,1H3. The van der Waals surface area contributed by atoms with Crippen LogP contribution < -0.4 is 10.5 Å². The monoisotopic (exact) mass is 240 g/mol. The number of rotatable bonds is 2. The highest BCUT2D eigenvalue weighted by Gasteiger charge is 2.07.